The van der Waals surface area contributed by atoms with Crippen molar-refractivity contribution in [3.05, 3.63) is 41.4 Å². The number of carbonyl (C=O) groups is 1. The predicted octanol–water partition coefficient (Wildman–Crippen LogP) is 2.10. The standard InChI is InChI=1S/C17H22N4OS.ClH/c1-20(12-16(22)21-9-7-18-8-10-21)11-15-13-23-17(19-15)14-5-3-2-4-6-14;/h2-6,13,18H,7-12H2,1H3;1H. The molecule has 0 spiro atoms. The zero-order valence-corrected chi connectivity index (χ0v) is 15.4. The number of amides is 1. The summed E-state index contributed by atoms with van der Waals surface area (Å²) in [6, 6.07) is 10.2. The first kappa shape index (κ1) is 18.9. The molecule has 0 atom stereocenters. The van der Waals surface area contributed by atoms with Crippen molar-refractivity contribution in [3.8, 4) is 10.6 Å². The number of likely N-dealkylation sites (N-methyl/N-ethyl adjacent to an activating group) is 1. The summed E-state index contributed by atoms with van der Waals surface area (Å²) in [7, 11) is 1.97. The molecule has 2 heterocycles. The van der Waals surface area contributed by atoms with Crippen molar-refractivity contribution in [2.45, 2.75) is 6.54 Å². The van der Waals surface area contributed by atoms with E-state index in [4.69, 9.17) is 0 Å². The smallest absolute Gasteiger partial charge is 0.236 e. The molecular weight excluding hydrogens is 344 g/mol. The molecule has 130 valence electrons. The Bertz CT molecular complexity index is 643. The fraction of sp³-hybridized carbons (Fsp3) is 0.412. The lowest BCUT2D eigenvalue weighted by Crippen LogP contribution is -2.49. The van der Waals surface area contributed by atoms with E-state index in [-0.39, 0.29) is 18.3 Å². The molecule has 24 heavy (non-hydrogen) atoms. The molecule has 0 saturated carbocycles. The summed E-state index contributed by atoms with van der Waals surface area (Å²) >= 11 is 1.65. The third-order valence-corrected chi connectivity index (χ3v) is 4.82. The summed E-state index contributed by atoms with van der Waals surface area (Å²) in [5, 5.41) is 6.37. The predicted molar refractivity (Wildman–Crippen MR) is 101 cm³/mol. The average molecular weight is 367 g/mol. The van der Waals surface area contributed by atoms with Gasteiger partial charge in [-0.1, -0.05) is 30.3 Å². The van der Waals surface area contributed by atoms with Crippen LogP contribution in [0.15, 0.2) is 35.7 Å². The fourth-order valence-electron chi connectivity index (χ4n) is 2.67. The highest BCUT2D eigenvalue weighted by atomic mass is 35.5. The van der Waals surface area contributed by atoms with E-state index in [0.717, 1.165) is 42.4 Å². The first-order valence-corrected chi connectivity index (χ1v) is 8.77. The highest BCUT2D eigenvalue weighted by Gasteiger charge is 2.18. The van der Waals surface area contributed by atoms with Crippen molar-refractivity contribution in [2.75, 3.05) is 39.8 Å². The van der Waals surface area contributed by atoms with Gasteiger partial charge in [-0.15, -0.1) is 23.7 Å². The molecule has 1 aliphatic rings. The van der Waals surface area contributed by atoms with E-state index in [9.17, 15) is 4.79 Å². The van der Waals surface area contributed by atoms with Crippen molar-refractivity contribution in [1.29, 1.82) is 0 Å². The lowest BCUT2D eigenvalue weighted by molar-refractivity contribution is -0.132. The van der Waals surface area contributed by atoms with Gasteiger partial charge < -0.3 is 10.2 Å². The molecule has 2 aromatic rings. The number of rotatable bonds is 5. The summed E-state index contributed by atoms with van der Waals surface area (Å²) in [6.45, 7) is 4.53. The molecule has 1 N–H and O–H groups in total. The second kappa shape index (κ2) is 9.13. The SMILES string of the molecule is CN(CC(=O)N1CCNCC1)Cc1csc(-c2ccccc2)n1.Cl. The molecule has 0 radical (unpaired) electrons. The molecule has 7 heteroatoms. The maximum absolute atomic E-state index is 12.3. The minimum atomic E-state index is 0. The Kier molecular flexibility index (Phi) is 7.17. The van der Waals surface area contributed by atoms with E-state index < -0.39 is 0 Å². The van der Waals surface area contributed by atoms with Crippen molar-refractivity contribution in [2.24, 2.45) is 0 Å². The van der Waals surface area contributed by atoms with E-state index in [1.807, 2.05) is 35.0 Å². The number of thiazole rings is 1. The van der Waals surface area contributed by atoms with Gasteiger partial charge in [0.1, 0.15) is 5.01 Å². The summed E-state index contributed by atoms with van der Waals surface area (Å²) in [5.41, 5.74) is 2.16. The Balaban J connectivity index is 0.00000208. The van der Waals surface area contributed by atoms with Crippen molar-refractivity contribution >= 4 is 29.7 Å². The van der Waals surface area contributed by atoms with Crippen LogP contribution in [-0.4, -0.2) is 60.5 Å². The van der Waals surface area contributed by atoms with Crippen molar-refractivity contribution in [3.63, 3.8) is 0 Å². The van der Waals surface area contributed by atoms with Crippen LogP contribution in [0.4, 0.5) is 0 Å². The van der Waals surface area contributed by atoms with Gasteiger partial charge in [-0.3, -0.25) is 9.69 Å². The Labute approximate surface area is 153 Å². The Morgan fingerprint density at radius 3 is 2.71 bits per heavy atom. The Hall–Kier alpha value is -1.47. The first-order chi connectivity index (χ1) is 11.2. The highest BCUT2D eigenvalue weighted by molar-refractivity contribution is 7.13. The number of nitrogens with zero attached hydrogens (tertiary/aromatic N) is 3. The lowest BCUT2D eigenvalue weighted by Gasteiger charge is -2.29. The Morgan fingerprint density at radius 1 is 1.29 bits per heavy atom. The second-order valence-corrected chi connectivity index (χ2v) is 6.67. The van der Waals surface area contributed by atoms with Crippen LogP contribution in [0.3, 0.4) is 0 Å². The number of aromatic nitrogens is 1. The number of benzene rings is 1. The molecule has 1 amide bonds. The number of nitrogens with one attached hydrogen (secondary N) is 1. The van der Waals surface area contributed by atoms with Crippen LogP contribution < -0.4 is 5.32 Å². The van der Waals surface area contributed by atoms with Gasteiger partial charge in [-0.25, -0.2) is 4.98 Å². The summed E-state index contributed by atoms with van der Waals surface area (Å²) in [4.78, 5) is 20.9. The van der Waals surface area contributed by atoms with Crippen LogP contribution in [0.2, 0.25) is 0 Å². The zero-order chi connectivity index (χ0) is 16.1. The average Bonchev–Trinajstić information content (AvgIpc) is 3.04. The molecule has 1 aliphatic heterocycles. The van der Waals surface area contributed by atoms with Crippen LogP contribution in [0, 0.1) is 0 Å². The number of hydrogen-bond donors (Lipinski definition) is 1. The third-order valence-electron chi connectivity index (χ3n) is 3.88. The third kappa shape index (κ3) is 5.01. The number of halogens is 1. The molecular formula is C17H23ClN4OS. The van der Waals surface area contributed by atoms with Crippen LogP contribution in [0.5, 0.6) is 0 Å². The van der Waals surface area contributed by atoms with Gasteiger partial charge in [-0.2, -0.15) is 0 Å². The van der Waals surface area contributed by atoms with Gasteiger partial charge >= 0.3 is 0 Å². The molecule has 1 fully saturated rings. The van der Waals surface area contributed by atoms with Gasteiger partial charge in [0.05, 0.1) is 12.2 Å². The molecule has 5 nitrogen and oxygen atoms in total. The molecule has 1 aromatic carbocycles. The highest BCUT2D eigenvalue weighted by Crippen LogP contribution is 2.23. The van der Waals surface area contributed by atoms with Crippen LogP contribution >= 0.6 is 23.7 Å². The van der Waals surface area contributed by atoms with E-state index in [1.165, 1.54) is 0 Å². The number of carbonyl (C=O) groups excluding carboxylic acids is 1. The van der Waals surface area contributed by atoms with Gasteiger partial charge in [0.2, 0.25) is 5.91 Å². The van der Waals surface area contributed by atoms with Crippen LogP contribution in [-0.2, 0) is 11.3 Å². The second-order valence-electron chi connectivity index (χ2n) is 5.81. The largest absolute Gasteiger partial charge is 0.339 e. The molecule has 1 saturated heterocycles. The topological polar surface area (TPSA) is 48.5 Å². The van der Waals surface area contributed by atoms with Gasteiger partial charge in [0.15, 0.2) is 0 Å². The first-order valence-electron chi connectivity index (χ1n) is 7.89. The van der Waals surface area contributed by atoms with Crippen LogP contribution in [0.1, 0.15) is 5.69 Å². The minimum absolute atomic E-state index is 0. The Morgan fingerprint density at radius 2 is 2.00 bits per heavy atom. The zero-order valence-electron chi connectivity index (χ0n) is 13.8. The number of hydrogen-bond acceptors (Lipinski definition) is 5. The summed E-state index contributed by atoms with van der Waals surface area (Å²) < 4.78 is 0. The van der Waals surface area contributed by atoms with E-state index >= 15 is 0 Å². The monoisotopic (exact) mass is 366 g/mol. The molecule has 0 aliphatic carbocycles. The quantitative estimate of drug-likeness (QED) is 0.880. The minimum Gasteiger partial charge on any atom is -0.339 e. The van der Waals surface area contributed by atoms with E-state index in [2.05, 4.69) is 27.8 Å². The molecule has 0 bridgehead atoms. The van der Waals surface area contributed by atoms with E-state index in [1.54, 1.807) is 11.3 Å². The van der Waals surface area contributed by atoms with Gasteiger partial charge in [-0.05, 0) is 7.05 Å². The van der Waals surface area contributed by atoms with Crippen molar-refractivity contribution < 1.29 is 4.79 Å². The van der Waals surface area contributed by atoms with E-state index in [0.29, 0.717) is 13.1 Å². The molecule has 1 aromatic heterocycles. The van der Waals surface area contributed by atoms with Gasteiger partial charge in [0, 0.05) is 43.7 Å². The maximum atomic E-state index is 12.3. The summed E-state index contributed by atoms with van der Waals surface area (Å²) in [5.74, 6) is 0.201. The normalized spacial score (nSPS) is 14.5. The summed E-state index contributed by atoms with van der Waals surface area (Å²) in [6.07, 6.45) is 0. The van der Waals surface area contributed by atoms with Gasteiger partial charge in [0.25, 0.3) is 0 Å². The van der Waals surface area contributed by atoms with Crippen molar-refractivity contribution in [1.82, 2.24) is 20.1 Å². The van der Waals surface area contributed by atoms with Crippen LogP contribution in [0.25, 0.3) is 10.6 Å². The maximum Gasteiger partial charge on any atom is 0.236 e. The number of piperazine rings is 1. The lowest BCUT2D eigenvalue weighted by atomic mass is 10.2. The molecule has 0 unspecified atom stereocenters. The fourth-order valence-corrected chi connectivity index (χ4v) is 3.49. The molecule has 3 rings (SSSR count).